The molecule has 1 nitrogen and oxygen atoms in total. The van der Waals surface area contributed by atoms with Crippen LogP contribution in [0.1, 0.15) is 18.9 Å². The molecule has 0 unspecified atom stereocenters. The van der Waals surface area contributed by atoms with Crippen LogP contribution in [0.5, 0.6) is 5.75 Å². The van der Waals surface area contributed by atoms with Gasteiger partial charge in [0.05, 0.1) is 0 Å². The molecular formula is C13H14O. The Kier molecular flexibility index (Phi) is 2.40. The van der Waals surface area contributed by atoms with Gasteiger partial charge in [0.25, 0.3) is 0 Å². The summed E-state index contributed by atoms with van der Waals surface area (Å²) in [6.45, 7) is 2.13. The number of aryl methyl sites for hydroxylation is 1. The zero-order valence-electron chi connectivity index (χ0n) is 8.33. The van der Waals surface area contributed by atoms with Crippen molar-refractivity contribution in [1.29, 1.82) is 0 Å². The van der Waals surface area contributed by atoms with Gasteiger partial charge in [-0.2, -0.15) is 0 Å². The predicted octanol–water partition coefficient (Wildman–Crippen LogP) is 3.50. The largest absolute Gasteiger partial charge is 0.508 e. The number of phenolic OH excluding ortho intramolecular Hbond substituents is 1. The maximum Gasteiger partial charge on any atom is 0.119 e. The van der Waals surface area contributed by atoms with Crippen molar-refractivity contribution in [3.05, 3.63) is 42.0 Å². The molecule has 0 spiro atoms. The van der Waals surface area contributed by atoms with Crippen molar-refractivity contribution in [3.63, 3.8) is 0 Å². The van der Waals surface area contributed by atoms with Crippen molar-refractivity contribution < 1.29 is 5.11 Å². The van der Waals surface area contributed by atoms with E-state index in [9.17, 15) is 5.11 Å². The van der Waals surface area contributed by atoms with E-state index in [0.29, 0.717) is 5.75 Å². The first kappa shape index (κ1) is 9.07. The second-order valence-electron chi connectivity index (χ2n) is 3.53. The normalized spacial score (nSPS) is 10.6. The van der Waals surface area contributed by atoms with Crippen LogP contribution >= 0.6 is 0 Å². The van der Waals surface area contributed by atoms with Crippen LogP contribution in [0.15, 0.2) is 36.4 Å². The second kappa shape index (κ2) is 3.70. The Morgan fingerprint density at radius 3 is 2.64 bits per heavy atom. The third kappa shape index (κ3) is 1.46. The first-order chi connectivity index (χ1) is 6.83. The smallest absolute Gasteiger partial charge is 0.119 e. The summed E-state index contributed by atoms with van der Waals surface area (Å²) in [6, 6.07) is 11.9. The van der Waals surface area contributed by atoms with E-state index in [2.05, 4.69) is 19.1 Å². The topological polar surface area (TPSA) is 20.2 Å². The summed E-state index contributed by atoms with van der Waals surface area (Å²) in [5.74, 6) is 0.422. The molecule has 1 N–H and O–H groups in total. The van der Waals surface area contributed by atoms with Crippen LogP contribution in [0.25, 0.3) is 10.8 Å². The molecule has 0 radical (unpaired) electrons. The molecule has 0 aromatic heterocycles. The molecule has 2 rings (SSSR count). The molecule has 0 saturated heterocycles. The summed E-state index contributed by atoms with van der Waals surface area (Å²) in [5, 5.41) is 12.1. The fourth-order valence-electron chi connectivity index (χ4n) is 1.84. The predicted molar refractivity (Wildman–Crippen MR) is 59.6 cm³/mol. The Bertz CT molecular complexity index is 446. The number of rotatable bonds is 2. The first-order valence-corrected chi connectivity index (χ1v) is 5.02. The highest BCUT2D eigenvalue weighted by atomic mass is 16.3. The van der Waals surface area contributed by atoms with Crippen molar-refractivity contribution in [2.75, 3.05) is 0 Å². The molecule has 0 heterocycles. The van der Waals surface area contributed by atoms with Crippen LogP contribution in [-0.4, -0.2) is 5.11 Å². The summed E-state index contributed by atoms with van der Waals surface area (Å²) in [5.41, 5.74) is 1.07. The van der Waals surface area contributed by atoms with Gasteiger partial charge in [-0.05, 0) is 23.3 Å². The molecule has 2 aromatic rings. The molecule has 0 saturated carbocycles. The van der Waals surface area contributed by atoms with Gasteiger partial charge in [0.1, 0.15) is 5.75 Å². The van der Waals surface area contributed by atoms with Crippen LogP contribution < -0.4 is 0 Å². The second-order valence-corrected chi connectivity index (χ2v) is 3.53. The number of hydrogen-bond acceptors (Lipinski definition) is 1. The van der Waals surface area contributed by atoms with E-state index in [-0.39, 0.29) is 0 Å². The Balaban J connectivity index is 2.69. The fourth-order valence-corrected chi connectivity index (χ4v) is 1.84. The number of fused-ring (bicyclic) bond motifs is 1. The lowest BCUT2D eigenvalue weighted by Gasteiger charge is -2.07. The minimum atomic E-state index is 0.422. The van der Waals surface area contributed by atoms with Crippen LogP contribution in [0, 0.1) is 0 Å². The molecule has 0 aliphatic carbocycles. The molecule has 0 amide bonds. The SMILES string of the molecule is CCCc1c(O)ccc2ccccc12. The lowest BCUT2D eigenvalue weighted by atomic mass is 10.0. The summed E-state index contributed by atoms with van der Waals surface area (Å²) in [7, 11) is 0. The number of benzene rings is 2. The number of hydrogen-bond donors (Lipinski definition) is 1. The molecule has 1 heteroatoms. The lowest BCUT2D eigenvalue weighted by molar-refractivity contribution is 0.469. The molecule has 0 atom stereocenters. The quantitative estimate of drug-likeness (QED) is 0.761. The third-order valence-electron chi connectivity index (χ3n) is 2.52. The van der Waals surface area contributed by atoms with E-state index in [4.69, 9.17) is 0 Å². The van der Waals surface area contributed by atoms with E-state index < -0.39 is 0 Å². The van der Waals surface area contributed by atoms with Gasteiger partial charge in [0.15, 0.2) is 0 Å². The van der Waals surface area contributed by atoms with Gasteiger partial charge < -0.3 is 5.11 Å². The highest BCUT2D eigenvalue weighted by Crippen LogP contribution is 2.27. The zero-order valence-corrected chi connectivity index (χ0v) is 8.33. The van der Waals surface area contributed by atoms with Gasteiger partial charge in [-0.15, -0.1) is 0 Å². The number of phenols is 1. The maximum absolute atomic E-state index is 9.74. The molecule has 0 aliphatic rings. The van der Waals surface area contributed by atoms with Gasteiger partial charge in [0, 0.05) is 5.56 Å². The van der Waals surface area contributed by atoms with Gasteiger partial charge in [-0.3, -0.25) is 0 Å². The van der Waals surface area contributed by atoms with Gasteiger partial charge in [-0.25, -0.2) is 0 Å². The Labute approximate surface area is 84.0 Å². The average Bonchev–Trinajstić information content (AvgIpc) is 2.23. The molecule has 0 aliphatic heterocycles. The van der Waals surface area contributed by atoms with Crippen LogP contribution in [0.2, 0.25) is 0 Å². The highest BCUT2D eigenvalue weighted by Gasteiger charge is 2.04. The summed E-state index contributed by atoms with van der Waals surface area (Å²) in [4.78, 5) is 0. The Hall–Kier alpha value is -1.50. The van der Waals surface area contributed by atoms with E-state index >= 15 is 0 Å². The van der Waals surface area contributed by atoms with Crippen molar-refractivity contribution in [1.82, 2.24) is 0 Å². The molecule has 72 valence electrons. The lowest BCUT2D eigenvalue weighted by Crippen LogP contribution is -1.86. The van der Waals surface area contributed by atoms with Crippen molar-refractivity contribution in [2.24, 2.45) is 0 Å². The molecule has 14 heavy (non-hydrogen) atoms. The molecular weight excluding hydrogens is 172 g/mol. The first-order valence-electron chi connectivity index (χ1n) is 5.02. The summed E-state index contributed by atoms with van der Waals surface area (Å²) >= 11 is 0. The van der Waals surface area contributed by atoms with Crippen molar-refractivity contribution in [2.45, 2.75) is 19.8 Å². The average molecular weight is 186 g/mol. The summed E-state index contributed by atoms with van der Waals surface area (Å²) < 4.78 is 0. The minimum Gasteiger partial charge on any atom is -0.508 e. The minimum absolute atomic E-state index is 0.422. The molecule has 2 aromatic carbocycles. The van der Waals surface area contributed by atoms with Gasteiger partial charge >= 0.3 is 0 Å². The number of aromatic hydroxyl groups is 1. The van der Waals surface area contributed by atoms with Crippen LogP contribution in [0.3, 0.4) is 0 Å². The fraction of sp³-hybridized carbons (Fsp3) is 0.231. The monoisotopic (exact) mass is 186 g/mol. The van der Waals surface area contributed by atoms with Gasteiger partial charge in [-0.1, -0.05) is 43.7 Å². The van der Waals surface area contributed by atoms with E-state index in [1.54, 1.807) is 6.07 Å². The van der Waals surface area contributed by atoms with Crippen LogP contribution in [-0.2, 0) is 6.42 Å². The highest BCUT2D eigenvalue weighted by molar-refractivity contribution is 5.87. The summed E-state index contributed by atoms with van der Waals surface area (Å²) in [6.07, 6.45) is 1.99. The maximum atomic E-state index is 9.74. The van der Waals surface area contributed by atoms with E-state index in [1.165, 1.54) is 10.8 Å². The Morgan fingerprint density at radius 1 is 1.07 bits per heavy atom. The van der Waals surface area contributed by atoms with E-state index in [0.717, 1.165) is 18.4 Å². The molecule has 0 bridgehead atoms. The van der Waals surface area contributed by atoms with Gasteiger partial charge in [0.2, 0.25) is 0 Å². The Morgan fingerprint density at radius 2 is 1.86 bits per heavy atom. The third-order valence-corrected chi connectivity index (χ3v) is 2.52. The molecule has 0 fully saturated rings. The zero-order chi connectivity index (χ0) is 9.97. The van der Waals surface area contributed by atoms with Crippen LogP contribution in [0.4, 0.5) is 0 Å². The van der Waals surface area contributed by atoms with Crippen molar-refractivity contribution in [3.8, 4) is 5.75 Å². The van der Waals surface area contributed by atoms with E-state index in [1.807, 2.05) is 18.2 Å². The van der Waals surface area contributed by atoms with Crippen molar-refractivity contribution >= 4 is 10.8 Å². The standard InChI is InChI=1S/C13H14O/c1-2-5-12-11-7-4-3-6-10(11)8-9-13(12)14/h3-4,6-9,14H,2,5H2,1H3.